The Kier molecular flexibility index (Phi) is 4.78. The highest BCUT2D eigenvalue weighted by Gasteiger charge is 2.33. The number of benzene rings is 1. The molecule has 1 fully saturated rings. The number of hydrogen-bond donors (Lipinski definition) is 2. The number of phenolic OH excluding ortho intramolecular Hbond substituents is 1. The average molecular weight is 357 g/mol. The number of ether oxygens (including phenoxy) is 1. The summed E-state index contributed by atoms with van der Waals surface area (Å²) in [5.74, 6) is 0.272. The number of nitrogens with one attached hydrogen (secondary N) is 1. The molecule has 116 valence electrons. The van der Waals surface area contributed by atoms with E-state index in [0.29, 0.717) is 19.6 Å². The zero-order valence-electron chi connectivity index (χ0n) is 12.5. The van der Waals surface area contributed by atoms with Crippen molar-refractivity contribution in [3.8, 4) is 5.75 Å². The summed E-state index contributed by atoms with van der Waals surface area (Å²) < 4.78 is 6.23. The number of aromatic hydroxyl groups is 1. The molecule has 1 aromatic rings. The summed E-state index contributed by atoms with van der Waals surface area (Å²) in [7, 11) is 0. The maximum Gasteiger partial charge on any atom is 0.410 e. The molecule has 2 rings (SSSR count). The normalized spacial score (nSPS) is 15.7. The fourth-order valence-electron chi connectivity index (χ4n) is 2.03. The first-order chi connectivity index (χ1) is 9.74. The van der Waals surface area contributed by atoms with Gasteiger partial charge in [0.05, 0.1) is 0 Å². The molecule has 0 bridgehead atoms. The highest BCUT2D eigenvalue weighted by molar-refractivity contribution is 9.10. The van der Waals surface area contributed by atoms with Gasteiger partial charge in [0.2, 0.25) is 0 Å². The van der Waals surface area contributed by atoms with Gasteiger partial charge < -0.3 is 20.1 Å². The highest BCUT2D eigenvalue weighted by atomic mass is 79.9. The molecule has 1 saturated heterocycles. The molecule has 6 heteroatoms. The van der Waals surface area contributed by atoms with Gasteiger partial charge in [0, 0.05) is 35.7 Å². The van der Waals surface area contributed by atoms with Crippen molar-refractivity contribution in [2.24, 2.45) is 0 Å². The lowest BCUT2D eigenvalue weighted by atomic mass is 10.1. The van der Waals surface area contributed by atoms with Crippen LogP contribution < -0.4 is 5.32 Å². The number of halogens is 1. The topological polar surface area (TPSA) is 61.8 Å². The third-order valence-electron chi connectivity index (χ3n) is 3.16. The molecule has 0 unspecified atom stereocenters. The maximum absolute atomic E-state index is 11.8. The minimum absolute atomic E-state index is 0.232. The second-order valence-electron chi connectivity index (χ2n) is 6.24. The van der Waals surface area contributed by atoms with Gasteiger partial charge in [0.15, 0.2) is 0 Å². The SMILES string of the molecule is CC(C)(C)OC(=O)N1CC(NCc2cc(Br)ccc2O)C1. The maximum atomic E-state index is 11.8. The second kappa shape index (κ2) is 6.23. The van der Waals surface area contributed by atoms with Gasteiger partial charge in [-0.2, -0.15) is 0 Å². The van der Waals surface area contributed by atoms with Crippen LogP contribution in [0, 0.1) is 0 Å². The Hall–Kier alpha value is -1.27. The molecule has 0 saturated carbocycles. The van der Waals surface area contributed by atoms with Crippen LogP contribution in [-0.4, -0.2) is 40.8 Å². The average Bonchev–Trinajstić information content (AvgIpc) is 2.29. The van der Waals surface area contributed by atoms with E-state index in [2.05, 4.69) is 21.2 Å². The van der Waals surface area contributed by atoms with E-state index in [1.807, 2.05) is 26.8 Å². The van der Waals surface area contributed by atoms with Crippen molar-refractivity contribution < 1.29 is 14.6 Å². The Morgan fingerprint density at radius 3 is 2.76 bits per heavy atom. The van der Waals surface area contributed by atoms with Crippen molar-refractivity contribution in [1.29, 1.82) is 0 Å². The number of hydrogen-bond acceptors (Lipinski definition) is 4. The van der Waals surface area contributed by atoms with Crippen molar-refractivity contribution >= 4 is 22.0 Å². The van der Waals surface area contributed by atoms with E-state index in [4.69, 9.17) is 4.74 Å². The van der Waals surface area contributed by atoms with Crippen molar-refractivity contribution in [2.45, 2.75) is 39.0 Å². The number of carbonyl (C=O) groups excluding carboxylic acids is 1. The number of nitrogens with zero attached hydrogens (tertiary/aromatic N) is 1. The van der Waals surface area contributed by atoms with E-state index in [9.17, 15) is 9.90 Å². The summed E-state index contributed by atoms with van der Waals surface area (Å²) >= 11 is 3.38. The van der Waals surface area contributed by atoms with Crippen LogP contribution in [-0.2, 0) is 11.3 Å². The monoisotopic (exact) mass is 356 g/mol. The number of phenols is 1. The minimum Gasteiger partial charge on any atom is -0.508 e. The molecule has 5 nitrogen and oxygen atoms in total. The molecule has 2 N–H and O–H groups in total. The Balaban J connectivity index is 1.76. The molecule has 0 aliphatic carbocycles. The minimum atomic E-state index is -0.461. The third-order valence-corrected chi connectivity index (χ3v) is 3.65. The summed E-state index contributed by atoms with van der Waals surface area (Å²) in [5.41, 5.74) is 0.373. The molecular weight excluding hydrogens is 336 g/mol. The zero-order chi connectivity index (χ0) is 15.6. The van der Waals surface area contributed by atoms with Crippen LogP contribution in [0.4, 0.5) is 4.79 Å². The molecule has 1 aromatic carbocycles. The van der Waals surface area contributed by atoms with Crippen molar-refractivity contribution in [2.75, 3.05) is 13.1 Å². The van der Waals surface area contributed by atoms with Crippen molar-refractivity contribution in [3.05, 3.63) is 28.2 Å². The van der Waals surface area contributed by atoms with Crippen LogP contribution in [0.3, 0.4) is 0 Å². The van der Waals surface area contributed by atoms with Crippen LogP contribution in [0.1, 0.15) is 26.3 Å². The summed E-state index contributed by atoms with van der Waals surface area (Å²) in [5, 5.41) is 13.1. The third kappa shape index (κ3) is 4.61. The van der Waals surface area contributed by atoms with Gasteiger partial charge in [-0.15, -0.1) is 0 Å². The molecule has 21 heavy (non-hydrogen) atoms. The number of amides is 1. The largest absolute Gasteiger partial charge is 0.508 e. The Bertz CT molecular complexity index is 522. The molecule has 0 spiro atoms. The van der Waals surface area contributed by atoms with Gasteiger partial charge in [-0.25, -0.2) is 4.79 Å². The van der Waals surface area contributed by atoms with Crippen LogP contribution in [0.2, 0.25) is 0 Å². The fourth-order valence-corrected chi connectivity index (χ4v) is 2.44. The zero-order valence-corrected chi connectivity index (χ0v) is 14.1. The van der Waals surface area contributed by atoms with Gasteiger partial charge in [-0.1, -0.05) is 15.9 Å². The smallest absolute Gasteiger partial charge is 0.410 e. The van der Waals surface area contributed by atoms with E-state index in [0.717, 1.165) is 10.0 Å². The summed E-state index contributed by atoms with van der Waals surface area (Å²) in [6.07, 6.45) is -0.272. The standard InChI is InChI=1S/C15H21BrN2O3/c1-15(2,3)21-14(20)18-8-12(9-18)17-7-10-6-11(16)4-5-13(10)19/h4-6,12,17,19H,7-9H2,1-3H3. The second-order valence-corrected chi connectivity index (χ2v) is 7.15. The van der Waals surface area contributed by atoms with Gasteiger partial charge in [0.1, 0.15) is 11.4 Å². The first-order valence-electron chi connectivity index (χ1n) is 6.93. The molecule has 0 radical (unpaired) electrons. The van der Waals surface area contributed by atoms with Crippen molar-refractivity contribution in [3.63, 3.8) is 0 Å². The highest BCUT2D eigenvalue weighted by Crippen LogP contribution is 2.22. The van der Waals surface area contributed by atoms with Crippen LogP contribution in [0.5, 0.6) is 5.75 Å². The van der Waals surface area contributed by atoms with Crippen molar-refractivity contribution in [1.82, 2.24) is 10.2 Å². The Morgan fingerprint density at radius 1 is 1.48 bits per heavy atom. The summed E-state index contributed by atoms with van der Waals surface area (Å²) in [6.45, 7) is 7.40. The lowest BCUT2D eigenvalue weighted by Gasteiger charge is -2.40. The van der Waals surface area contributed by atoms with Crippen LogP contribution >= 0.6 is 15.9 Å². The predicted octanol–water partition coefficient (Wildman–Crippen LogP) is 2.86. The fraction of sp³-hybridized carbons (Fsp3) is 0.533. The first kappa shape index (κ1) is 16.1. The Morgan fingerprint density at radius 2 is 2.14 bits per heavy atom. The quantitative estimate of drug-likeness (QED) is 0.873. The summed E-state index contributed by atoms with van der Waals surface area (Å²) in [4.78, 5) is 13.5. The van der Waals surface area contributed by atoms with Crippen LogP contribution in [0.25, 0.3) is 0 Å². The van der Waals surface area contributed by atoms with E-state index in [-0.39, 0.29) is 17.9 Å². The Labute approximate surface area is 133 Å². The first-order valence-corrected chi connectivity index (χ1v) is 7.72. The number of rotatable bonds is 3. The summed E-state index contributed by atoms with van der Waals surface area (Å²) in [6, 6.07) is 5.57. The van der Waals surface area contributed by atoms with Crippen LogP contribution in [0.15, 0.2) is 22.7 Å². The lowest BCUT2D eigenvalue weighted by Crippen LogP contribution is -2.60. The van der Waals surface area contributed by atoms with Gasteiger partial charge >= 0.3 is 6.09 Å². The lowest BCUT2D eigenvalue weighted by molar-refractivity contribution is 0.00516. The van der Waals surface area contributed by atoms with E-state index in [1.165, 1.54) is 0 Å². The number of likely N-dealkylation sites (tertiary alicyclic amines) is 1. The van der Waals surface area contributed by atoms with Gasteiger partial charge in [-0.05, 0) is 39.0 Å². The molecule has 1 heterocycles. The molecule has 0 atom stereocenters. The van der Waals surface area contributed by atoms with E-state index >= 15 is 0 Å². The molecular formula is C15H21BrN2O3. The molecule has 1 aliphatic heterocycles. The van der Waals surface area contributed by atoms with Gasteiger partial charge in [0.25, 0.3) is 0 Å². The molecule has 0 aromatic heterocycles. The van der Waals surface area contributed by atoms with E-state index in [1.54, 1.807) is 17.0 Å². The molecule has 1 aliphatic rings. The van der Waals surface area contributed by atoms with Gasteiger partial charge in [-0.3, -0.25) is 0 Å². The predicted molar refractivity (Wildman–Crippen MR) is 84.2 cm³/mol. The molecule has 1 amide bonds. The number of carbonyl (C=O) groups is 1. The van der Waals surface area contributed by atoms with E-state index < -0.39 is 5.60 Å².